The summed E-state index contributed by atoms with van der Waals surface area (Å²) >= 11 is 0. The highest BCUT2D eigenvalue weighted by Gasteiger charge is 2.12. The molecule has 2 heterocycles. The number of rotatable bonds is 5. The lowest BCUT2D eigenvalue weighted by Crippen LogP contribution is -2.34. The number of carbonyl (C=O) groups is 1. The fraction of sp³-hybridized carbons (Fsp3) is 0.294. The molecule has 0 fully saturated rings. The summed E-state index contributed by atoms with van der Waals surface area (Å²) in [7, 11) is 1.55. The van der Waals surface area contributed by atoms with Gasteiger partial charge in [0.25, 0.3) is 0 Å². The summed E-state index contributed by atoms with van der Waals surface area (Å²) in [5.41, 5.74) is 1.75. The molecular weight excluding hydrogens is 310 g/mol. The first-order valence-electron chi connectivity index (χ1n) is 7.64. The van der Waals surface area contributed by atoms with Crippen LogP contribution in [0.25, 0.3) is 0 Å². The first kappa shape index (κ1) is 15.9. The molecule has 2 N–H and O–H groups in total. The molecular formula is C17H19N3O4. The van der Waals surface area contributed by atoms with Crippen LogP contribution in [0.5, 0.6) is 17.4 Å². The van der Waals surface area contributed by atoms with Gasteiger partial charge in [-0.25, -0.2) is 9.78 Å². The van der Waals surface area contributed by atoms with E-state index in [1.165, 1.54) is 0 Å². The summed E-state index contributed by atoms with van der Waals surface area (Å²) in [5.74, 6) is 1.95. The molecule has 0 saturated heterocycles. The molecule has 1 aliphatic rings. The van der Waals surface area contributed by atoms with Crippen LogP contribution < -0.4 is 24.8 Å². The molecule has 0 saturated carbocycles. The number of hydrogen-bond donors (Lipinski definition) is 2. The number of benzene rings is 1. The van der Waals surface area contributed by atoms with Crippen LogP contribution in [0.1, 0.15) is 11.1 Å². The monoisotopic (exact) mass is 329 g/mol. The normalized spacial score (nSPS) is 12.4. The predicted octanol–water partition coefficient (Wildman–Crippen LogP) is 1.86. The standard InChI is InChI=1S/C17H19N3O4/c1-22-16-13(3-2-6-18-16)11-20-17(21)19-10-12-4-5-14-15(9-12)24-8-7-23-14/h2-6,9H,7-8,10-11H2,1H3,(H2,19,20,21). The number of carbonyl (C=O) groups excluding carboxylic acids is 1. The molecule has 1 aromatic carbocycles. The molecule has 24 heavy (non-hydrogen) atoms. The Morgan fingerprint density at radius 2 is 1.96 bits per heavy atom. The van der Waals surface area contributed by atoms with Gasteiger partial charge in [-0.15, -0.1) is 0 Å². The average molecular weight is 329 g/mol. The average Bonchev–Trinajstić information content (AvgIpc) is 2.64. The molecule has 0 spiro atoms. The maximum Gasteiger partial charge on any atom is 0.315 e. The summed E-state index contributed by atoms with van der Waals surface area (Å²) in [4.78, 5) is 16.0. The van der Waals surface area contributed by atoms with Gasteiger partial charge < -0.3 is 24.8 Å². The number of aromatic nitrogens is 1. The van der Waals surface area contributed by atoms with Gasteiger partial charge in [0.05, 0.1) is 7.11 Å². The Balaban J connectivity index is 1.50. The van der Waals surface area contributed by atoms with E-state index in [0.717, 1.165) is 16.9 Å². The van der Waals surface area contributed by atoms with Crippen molar-refractivity contribution in [2.45, 2.75) is 13.1 Å². The lowest BCUT2D eigenvalue weighted by molar-refractivity contribution is 0.171. The zero-order chi connectivity index (χ0) is 16.8. The maximum atomic E-state index is 11.9. The number of ether oxygens (including phenoxy) is 3. The highest BCUT2D eigenvalue weighted by atomic mass is 16.6. The summed E-state index contributed by atoms with van der Waals surface area (Å²) in [6.45, 7) is 1.83. The van der Waals surface area contributed by atoms with Crippen LogP contribution in [-0.4, -0.2) is 31.3 Å². The molecule has 0 radical (unpaired) electrons. The van der Waals surface area contributed by atoms with E-state index < -0.39 is 0 Å². The van der Waals surface area contributed by atoms with Crippen molar-refractivity contribution in [1.29, 1.82) is 0 Å². The third-order valence-corrected chi connectivity index (χ3v) is 3.54. The molecule has 126 valence electrons. The zero-order valence-electron chi connectivity index (χ0n) is 13.4. The summed E-state index contributed by atoms with van der Waals surface area (Å²) < 4.78 is 16.1. The number of hydrogen-bond acceptors (Lipinski definition) is 5. The predicted molar refractivity (Wildman–Crippen MR) is 87.3 cm³/mol. The minimum atomic E-state index is -0.268. The molecule has 0 atom stereocenters. The zero-order valence-corrected chi connectivity index (χ0v) is 13.4. The number of methoxy groups -OCH3 is 1. The molecule has 7 nitrogen and oxygen atoms in total. The van der Waals surface area contributed by atoms with Crippen molar-refractivity contribution < 1.29 is 19.0 Å². The number of amides is 2. The Bertz CT molecular complexity index is 721. The van der Waals surface area contributed by atoms with Crippen LogP contribution in [0.2, 0.25) is 0 Å². The molecule has 0 unspecified atom stereocenters. The van der Waals surface area contributed by atoms with Crippen molar-refractivity contribution in [1.82, 2.24) is 15.6 Å². The van der Waals surface area contributed by atoms with Crippen molar-refractivity contribution in [3.63, 3.8) is 0 Å². The quantitative estimate of drug-likeness (QED) is 0.875. The van der Waals surface area contributed by atoms with Crippen LogP contribution in [0.3, 0.4) is 0 Å². The van der Waals surface area contributed by atoms with E-state index in [2.05, 4.69) is 15.6 Å². The van der Waals surface area contributed by atoms with Gasteiger partial charge in [-0.2, -0.15) is 0 Å². The third kappa shape index (κ3) is 3.87. The second-order valence-corrected chi connectivity index (χ2v) is 5.19. The SMILES string of the molecule is COc1ncccc1CNC(=O)NCc1ccc2c(c1)OCCO2. The van der Waals surface area contributed by atoms with E-state index in [0.29, 0.717) is 37.9 Å². The van der Waals surface area contributed by atoms with E-state index in [-0.39, 0.29) is 6.03 Å². The fourth-order valence-corrected chi connectivity index (χ4v) is 2.36. The number of nitrogens with one attached hydrogen (secondary N) is 2. The summed E-state index contributed by atoms with van der Waals surface area (Å²) in [6, 6.07) is 9.01. The lowest BCUT2D eigenvalue weighted by atomic mass is 10.2. The number of nitrogens with zero attached hydrogens (tertiary/aromatic N) is 1. The van der Waals surface area contributed by atoms with Gasteiger partial charge in [0.2, 0.25) is 5.88 Å². The highest BCUT2D eigenvalue weighted by molar-refractivity contribution is 5.73. The van der Waals surface area contributed by atoms with Crippen molar-refractivity contribution >= 4 is 6.03 Å². The Kier molecular flexibility index (Phi) is 5.00. The van der Waals surface area contributed by atoms with E-state index >= 15 is 0 Å². The maximum absolute atomic E-state index is 11.9. The highest BCUT2D eigenvalue weighted by Crippen LogP contribution is 2.30. The number of fused-ring (bicyclic) bond motifs is 1. The van der Waals surface area contributed by atoms with Gasteiger partial charge in [-0.05, 0) is 23.8 Å². The van der Waals surface area contributed by atoms with Crippen LogP contribution in [0, 0.1) is 0 Å². The van der Waals surface area contributed by atoms with Crippen molar-refractivity contribution in [3.05, 3.63) is 47.7 Å². The van der Waals surface area contributed by atoms with E-state index in [1.807, 2.05) is 24.3 Å². The van der Waals surface area contributed by atoms with Gasteiger partial charge in [0, 0.05) is 24.8 Å². The molecule has 2 amide bonds. The van der Waals surface area contributed by atoms with Crippen molar-refractivity contribution in [3.8, 4) is 17.4 Å². The van der Waals surface area contributed by atoms with Crippen molar-refractivity contribution in [2.75, 3.05) is 20.3 Å². The molecule has 3 rings (SSSR count). The molecule has 1 aliphatic heterocycles. The van der Waals surface area contributed by atoms with E-state index in [4.69, 9.17) is 14.2 Å². The Labute approximate surface area is 139 Å². The first-order chi connectivity index (χ1) is 11.8. The Morgan fingerprint density at radius 1 is 1.17 bits per heavy atom. The van der Waals surface area contributed by atoms with Crippen LogP contribution in [0.15, 0.2) is 36.5 Å². The second kappa shape index (κ2) is 7.54. The van der Waals surface area contributed by atoms with Gasteiger partial charge in [-0.3, -0.25) is 0 Å². The smallest absolute Gasteiger partial charge is 0.315 e. The molecule has 0 aliphatic carbocycles. The van der Waals surface area contributed by atoms with Gasteiger partial charge in [-0.1, -0.05) is 12.1 Å². The summed E-state index contributed by atoms with van der Waals surface area (Å²) in [5, 5.41) is 5.59. The number of urea groups is 1. The molecule has 2 aromatic rings. The minimum absolute atomic E-state index is 0.268. The Morgan fingerprint density at radius 3 is 2.79 bits per heavy atom. The minimum Gasteiger partial charge on any atom is -0.486 e. The van der Waals surface area contributed by atoms with Crippen LogP contribution in [0.4, 0.5) is 4.79 Å². The van der Waals surface area contributed by atoms with Crippen LogP contribution >= 0.6 is 0 Å². The third-order valence-electron chi connectivity index (χ3n) is 3.54. The summed E-state index contributed by atoms with van der Waals surface area (Å²) in [6.07, 6.45) is 1.64. The fourth-order valence-electron chi connectivity index (χ4n) is 2.36. The van der Waals surface area contributed by atoms with E-state index in [9.17, 15) is 4.79 Å². The molecule has 7 heteroatoms. The van der Waals surface area contributed by atoms with E-state index in [1.54, 1.807) is 19.4 Å². The molecule has 1 aromatic heterocycles. The number of pyridine rings is 1. The largest absolute Gasteiger partial charge is 0.486 e. The van der Waals surface area contributed by atoms with Crippen molar-refractivity contribution in [2.24, 2.45) is 0 Å². The van der Waals surface area contributed by atoms with Gasteiger partial charge in [0.1, 0.15) is 13.2 Å². The first-order valence-corrected chi connectivity index (χ1v) is 7.64. The van der Waals surface area contributed by atoms with Crippen LogP contribution in [-0.2, 0) is 13.1 Å². The Hall–Kier alpha value is -2.96. The molecule has 0 bridgehead atoms. The second-order valence-electron chi connectivity index (χ2n) is 5.19. The lowest BCUT2D eigenvalue weighted by Gasteiger charge is -2.19. The van der Waals surface area contributed by atoms with Gasteiger partial charge >= 0.3 is 6.03 Å². The topological polar surface area (TPSA) is 81.7 Å². The van der Waals surface area contributed by atoms with Gasteiger partial charge in [0.15, 0.2) is 11.5 Å².